The van der Waals surface area contributed by atoms with Crippen LogP contribution in [0.2, 0.25) is 0 Å². The molecule has 3 aromatic rings. The van der Waals surface area contributed by atoms with Gasteiger partial charge in [0.2, 0.25) is 0 Å². The number of halogens is 1. The smallest absolute Gasteiger partial charge is 0.191 e. The molecule has 29 heavy (non-hydrogen) atoms. The van der Waals surface area contributed by atoms with Gasteiger partial charge in [-0.1, -0.05) is 18.2 Å². The van der Waals surface area contributed by atoms with Crippen molar-refractivity contribution in [1.29, 1.82) is 0 Å². The van der Waals surface area contributed by atoms with Crippen LogP contribution in [-0.4, -0.2) is 33.8 Å². The second-order valence-corrected chi connectivity index (χ2v) is 7.76. The first-order chi connectivity index (χ1) is 13.6. The summed E-state index contributed by atoms with van der Waals surface area (Å²) in [6.07, 6.45) is 0.886. The summed E-state index contributed by atoms with van der Waals surface area (Å²) in [7, 11) is 0. The Morgan fingerprint density at radius 1 is 1.17 bits per heavy atom. The van der Waals surface area contributed by atoms with Gasteiger partial charge >= 0.3 is 0 Å². The fraction of sp³-hybridized carbons (Fsp3) is 0.381. The van der Waals surface area contributed by atoms with Crippen molar-refractivity contribution in [3.05, 3.63) is 63.4 Å². The van der Waals surface area contributed by atoms with Crippen molar-refractivity contribution in [3.8, 4) is 5.69 Å². The maximum atomic E-state index is 4.78. The van der Waals surface area contributed by atoms with Crippen LogP contribution in [-0.2, 0) is 13.0 Å². The minimum atomic E-state index is 0. The van der Waals surface area contributed by atoms with Gasteiger partial charge in [-0.3, -0.25) is 0 Å². The summed E-state index contributed by atoms with van der Waals surface area (Å²) in [5.41, 5.74) is 5.48. The largest absolute Gasteiger partial charge is 0.357 e. The summed E-state index contributed by atoms with van der Waals surface area (Å²) in [6.45, 7) is 10.4. The Balaban J connectivity index is 0.00000300. The highest BCUT2D eigenvalue weighted by molar-refractivity contribution is 14.0. The van der Waals surface area contributed by atoms with Crippen molar-refractivity contribution in [2.75, 3.05) is 13.1 Å². The van der Waals surface area contributed by atoms with Gasteiger partial charge in [-0.2, -0.15) is 5.10 Å². The first kappa shape index (κ1) is 23.3. The SMILES string of the molecule is CCNC(=NCc1ccccc1-n1nc(C)cc1C)NCCc1csc(C)n1.I. The molecule has 0 atom stereocenters. The van der Waals surface area contributed by atoms with Crippen LogP contribution in [0.1, 0.15) is 34.6 Å². The molecule has 6 nitrogen and oxygen atoms in total. The molecule has 156 valence electrons. The number of benzene rings is 1. The predicted molar refractivity (Wildman–Crippen MR) is 132 cm³/mol. The van der Waals surface area contributed by atoms with E-state index in [1.807, 2.05) is 30.7 Å². The molecule has 0 spiro atoms. The number of nitrogens with zero attached hydrogens (tertiary/aromatic N) is 4. The number of aromatic nitrogens is 3. The third-order valence-corrected chi connectivity index (χ3v) is 5.14. The maximum absolute atomic E-state index is 4.78. The van der Waals surface area contributed by atoms with E-state index in [4.69, 9.17) is 4.99 Å². The van der Waals surface area contributed by atoms with Crippen LogP contribution in [0, 0.1) is 20.8 Å². The van der Waals surface area contributed by atoms with Gasteiger partial charge in [-0.15, -0.1) is 35.3 Å². The lowest BCUT2D eigenvalue weighted by Gasteiger charge is -2.13. The molecule has 0 saturated heterocycles. The van der Waals surface area contributed by atoms with Crippen molar-refractivity contribution in [2.45, 2.75) is 40.7 Å². The van der Waals surface area contributed by atoms with Crippen LogP contribution in [0.15, 0.2) is 40.7 Å². The first-order valence-corrected chi connectivity index (χ1v) is 10.5. The number of aliphatic imine (C=N–C) groups is 1. The highest BCUT2D eigenvalue weighted by atomic mass is 127. The Bertz CT molecular complexity index is 946. The average molecular weight is 524 g/mol. The molecule has 0 unspecified atom stereocenters. The van der Waals surface area contributed by atoms with E-state index in [1.165, 1.54) is 0 Å². The lowest BCUT2D eigenvalue weighted by molar-refractivity contribution is 0.784. The van der Waals surface area contributed by atoms with E-state index >= 15 is 0 Å². The number of hydrogen-bond acceptors (Lipinski definition) is 4. The van der Waals surface area contributed by atoms with Gasteiger partial charge in [-0.05, 0) is 45.4 Å². The molecule has 0 amide bonds. The molecule has 3 rings (SSSR count). The summed E-state index contributed by atoms with van der Waals surface area (Å²) in [5.74, 6) is 0.817. The quantitative estimate of drug-likeness (QED) is 0.277. The standard InChI is InChI=1S/C21H28N6S.HI/c1-5-22-21(23-11-10-19-14-28-17(4)25-19)24-13-18-8-6-7-9-20(18)27-16(3)12-15(2)26-27;/h6-9,12,14H,5,10-11,13H2,1-4H3,(H2,22,23,24);1H. The van der Waals surface area contributed by atoms with E-state index in [-0.39, 0.29) is 24.0 Å². The number of hydrogen-bond donors (Lipinski definition) is 2. The normalized spacial score (nSPS) is 11.2. The number of thiazole rings is 1. The van der Waals surface area contributed by atoms with Gasteiger partial charge in [0, 0.05) is 30.6 Å². The second kappa shape index (κ2) is 11.3. The zero-order chi connectivity index (χ0) is 19.9. The van der Waals surface area contributed by atoms with Crippen molar-refractivity contribution in [1.82, 2.24) is 25.4 Å². The third-order valence-electron chi connectivity index (χ3n) is 4.32. The monoisotopic (exact) mass is 524 g/mol. The fourth-order valence-electron chi connectivity index (χ4n) is 3.06. The molecule has 2 heterocycles. The highest BCUT2D eigenvalue weighted by Crippen LogP contribution is 2.17. The molecule has 2 N–H and O–H groups in total. The van der Waals surface area contributed by atoms with E-state index in [0.29, 0.717) is 6.54 Å². The molecule has 2 aromatic heterocycles. The Hall–Kier alpha value is -1.94. The van der Waals surface area contributed by atoms with Gasteiger partial charge in [-0.25, -0.2) is 14.7 Å². The second-order valence-electron chi connectivity index (χ2n) is 6.70. The third kappa shape index (κ3) is 6.53. The Morgan fingerprint density at radius 2 is 1.97 bits per heavy atom. The highest BCUT2D eigenvalue weighted by Gasteiger charge is 2.09. The summed E-state index contributed by atoms with van der Waals surface area (Å²) in [4.78, 5) is 9.29. The van der Waals surface area contributed by atoms with Crippen LogP contribution < -0.4 is 10.6 Å². The molecule has 0 radical (unpaired) electrons. The number of guanidine groups is 1. The van der Waals surface area contributed by atoms with Gasteiger partial charge in [0.15, 0.2) is 5.96 Å². The number of aryl methyl sites for hydroxylation is 3. The molecule has 0 bridgehead atoms. The van der Waals surface area contributed by atoms with Crippen LogP contribution in [0.5, 0.6) is 0 Å². The zero-order valence-corrected chi connectivity index (χ0v) is 20.5. The van der Waals surface area contributed by atoms with Crippen LogP contribution in [0.4, 0.5) is 0 Å². The first-order valence-electron chi connectivity index (χ1n) is 9.61. The molecular weight excluding hydrogens is 495 g/mol. The van der Waals surface area contributed by atoms with E-state index < -0.39 is 0 Å². The van der Waals surface area contributed by atoms with Crippen molar-refractivity contribution >= 4 is 41.3 Å². The molecule has 0 fully saturated rings. The minimum Gasteiger partial charge on any atom is -0.357 e. The minimum absolute atomic E-state index is 0. The van der Waals surface area contributed by atoms with Crippen LogP contribution in [0.3, 0.4) is 0 Å². The molecule has 1 aromatic carbocycles. The average Bonchev–Trinajstić information content (AvgIpc) is 3.24. The van der Waals surface area contributed by atoms with Crippen LogP contribution in [0.25, 0.3) is 5.69 Å². The number of rotatable bonds is 7. The summed E-state index contributed by atoms with van der Waals surface area (Å²) < 4.78 is 1.99. The summed E-state index contributed by atoms with van der Waals surface area (Å²) in [5, 5.41) is 14.6. The molecule has 0 aliphatic carbocycles. The molecule has 0 aliphatic heterocycles. The van der Waals surface area contributed by atoms with E-state index in [0.717, 1.165) is 58.8 Å². The zero-order valence-electron chi connectivity index (χ0n) is 17.4. The molecular formula is C21H29IN6S. The molecule has 8 heteroatoms. The Morgan fingerprint density at radius 3 is 2.62 bits per heavy atom. The van der Waals surface area contributed by atoms with Crippen molar-refractivity contribution in [2.24, 2.45) is 4.99 Å². The number of nitrogens with one attached hydrogen (secondary N) is 2. The van der Waals surface area contributed by atoms with Gasteiger partial charge in [0.05, 0.1) is 28.6 Å². The lowest BCUT2D eigenvalue weighted by atomic mass is 10.2. The van der Waals surface area contributed by atoms with E-state index in [1.54, 1.807) is 11.3 Å². The number of para-hydroxylation sites is 1. The fourth-order valence-corrected chi connectivity index (χ4v) is 3.71. The topological polar surface area (TPSA) is 67.1 Å². The van der Waals surface area contributed by atoms with E-state index in [9.17, 15) is 0 Å². The Kier molecular flexibility index (Phi) is 9.09. The van der Waals surface area contributed by atoms with Gasteiger partial charge in [0.25, 0.3) is 0 Å². The van der Waals surface area contributed by atoms with E-state index in [2.05, 4.69) is 58.1 Å². The van der Waals surface area contributed by atoms with Crippen molar-refractivity contribution < 1.29 is 0 Å². The Labute approximate surface area is 193 Å². The van der Waals surface area contributed by atoms with Crippen LogP contribution >= 0.6 is 35.3 Å². The lowest BCUT2D eigenvalue weighted by Crippen LogP contribution is -2.38. The van der Waals surface area contributed by atoms with Gasteiger partial charge in [0.1, 0.15) is 0 Å². The summed E-state index contributed by atoms with van der Waals surface area (Å²) >= 11 is 1.69. The molecule has 0 saturated carbocycles. The molecule has 0 aliphatic rings. The van der Waals surface area contributed by atoms with Gasteiger partial charge < -0.3 is 10.6 Å². The summed E-state index contributed by atoms with van der Waals surface area (Å²) in [6, 6.07) is 10.4. The van der Waals surface area contributed by atoms with Crippen molar-refractivity contribution in [3.63, 3.8) is 0 Å². The maximum Gasteiger partial charge on any atom is 0.191 e. The predicted octanol–water partition coefficient (Wildman–Crippen LogP) is 4.17.